The summed E-state index contributed by atoms with van der Waals surface area (Å²) in [7, 11) is 1.60. The van der Waals surface area contributed by atoms with Crippen molar-refractivity contribution in [1.29, 1.82) is 0 Å². The van der Waals surface area contributed by atoms with Gasteiger partial charge in [0.2, 0.25) is 0 Å². The third kappa shape index (κ3) is 3.72. The molecule has 1 atom stereocenters. The van der Waals surface area contributed by atoms with E-state index in [0.29, 0.717) is 29.8 Å². The molecule has 3 rings (SSSR count). The molecule has 0 amide bonds. The molecule has 1 unspecified atom stereocenters. The molecular weight excluding hydrogens is 355 g/mol. The van der Waals surface area contributed by atoms with Crippen LogP contribution < -0.4 is 5.73 Å². The number of nitrogens with two attached hydrogens (primary N) is 1. The van der Waals surface area contributed by atoms with Crippen LogP contribution >= 0.6 is 0 Å². The standard InChI is InChI=1S/C18H19FN4O2S/c1-25-10-9-23-17(13-7-8-21-15(20)11-13)16(22-18(23)26(2)24)12-3-5-14(19)6-4-12/h3-8,11H,9-10H2,1-2H3,(H2,20,21). The highest BCUT2D eigenvalue weighted by Crippen LogP contribution is 2.34. The average Bonchev–Trinajstić information content (AvgIpc) is 3.00. The summed E-state index contributed by atoms with van der Waals surface area (Å²) in [6.07, 6.45) is 3.18. The van der Waals surface area contributed by atoms with E-state index in [2.05, 4.69) is 9.97 Å². The molecule has 0 spiro atoms. The van der Waals surface area contributed by atoms with Crippen LogP contribution in [0.5, 0.6) is 0 Å². The van der Waals surface area contributed by atoms with Gasteiger partial charge in [-0.1, -0.05) is 0 Å². The van der Waals surface area contributed by atoms with Crippen LogP contribution in [0.2, 0.25) is 0 Å². The minimum absolute atomic E-state index is 0.332. The fourth-order valence-electron chi connectivity index (χ4n) is 2.74. The summed E-state index contributed by atoms with van der Waals surface area (Å²) in [5.41, 5.74) is 8.71. The maximum Gasteiger partial charge on any atom is 0.324 e. The zero-order chi connectivity index (χ0) is 18.7. The van der Waals surface area contributed by atoms with Crippen LogP contribution in [0.4, 0.5) is 10.2 Å². The molecule has 26 heavy (non-hydrogen) atoms. The molecule has 0 saturated carbocycles. The van der Waals surface area contributed by atoms with E-state index in [9.17, 15) is 8.94 Å². The highest BCUT2D eigenvalue weighted by Gasteiger charge is 2.25. The summed E-state index contributed by atoms with van der Waals surface area (Å²) in [5, 5.41) is 0.423. The van der Waals surface area contributed by atoms with Gasteiger partial charge in [0, 0.05) is 35.6 Å². The first kappa shape index (κ1) is 18.4. The van der Waals surface area contributed by atoms with Crippen LogP contribution in [0.1, 0.15) is 0 Å². The normalized spacial score (nSPS) is 12.3. The van der Waals surface area contributed by atoms with E-state index in [1.165, 1.54) is 12.1 Å². The Morgan fingerprint density at radius 3 is 2.58 bits per heavy atom. The number of nitrogens with zero attached hydrogens (tertiary/aromatic N) is 3. The Hall–Kier alpha value is -2.42. The molecule has 0 aliphatic rings. The van der Waals surface area contributed by atoms with Gasteiger partial charge in [0.15, 0.2) is 0 Å². The van der Waals surface area contributed by atoms with E-state index in [1.54, 1.807) is 37.8 Å². The highest BCUT2D eigenvalue weighted by molar-refractivity contribution is 7.90. The third-order valence-corrected chi connectivity index (χ3v) is 4.71. The summed E-state index contributed by atoms with van der Waals surface area (Å²) in [6.45, 7) is 0.897. The number of ether oxygens (including phenoxy) is 1. The molecule has 0 fully saturated rings. The largest absolute Gasteiger partial charge is 0.609 e. The molecule has 6 nitrogen and oxygen atoms in total. The second kappa shape index (κ2) is 7.86. The molecule has 3 aromatic rings. The van der Waals surface area contributed by atoms with E-state index in [-0.39, 0.29) is 5.82 Å². The van der Waals surface area contributed by atoms with Crippen LogP contribution in [-0.2, 0) is 22.5 Å². The minimum Gasteiger partial charge on any atom is -0.609 e. The van der Waals surface area contributed by atoms with Crippen LogP contribution in [-0.4, -0.2) is 39.1 Å². The number of aromatic nitrogens is 3. The zero-order valence-electron chi connectivity index (χ0n) is 14.5. The SMILES string of the molecule is COCCn1c([S+](C)[O-])nc(-c2ccc(F)cc2)c1-c1ccnc(N)c1. The van der Waals surface area contributed by atoms with Gasteiger partial charge in [-0.15, -0.1) is 0 Å². The van der Waals surface area contributed by atoms with Gasteiger partial charge < -0.3 is 15.0 Å². The highest BCUT2D eigenvalue weighted by atomic mass is 32.2. The van der Waals surface area contributed by atoms with Gasteiger partial charge in [-0.3, -0.25) is 4.57 Å². The van der Waals surface area contributed by atoms with Crippen molar-refractivity contribution >= 4 is 17.0 Å². The van der Waals surface area contributed by atoms with Crippen molar-refractivity contribution in [3.05, 3.63) is 48.4 Å². The summed E-state index contributed by atoms with van der Waals surface area (Å²) >= 11 is -1.32. The number of nitrogen functional groups attached to an aromatic ring is 1. The predicted molar refractivity (Wildman–Crippen MR) is 99.5 cm³/mol. The molecule has 2 N–H and O–H groups in total. The Bertz CT molecular complexity index is 897. The topological polar surface area (TPSA) is 89.0 Å². The molecule has 0 aliphatic heterocycles. The monoisotopic (exact) mass is 374 g/mol. The van der Waals surface area contributed by atoms with Crippen molar-refractivity contribution < 1.29 is 13.7 Å². The van der Waals surface area contributed by atoms with Gasteiger partial charge in [0.05, 0.1) is 18.8 Å². The minimum atomic E-state index is -1.32. The average molecular weight is 374 g/mol. The van der Waals surface area contributed by atoms with Crippen LogP contribution in [0.3, 0.4) is 0 Å². The van der Waals surface area contributed by atoms with Crippen molar-refractivity contribution in [2.24, 2.45) is 0 Å². The lowest BCUT2D eigenvalue weighted by Crippen LogP contribution is -2.13. The molecule has 0 saturated heterocycles. The van der Waals surface area contributed by atoms with Crippen molar-refractivity contribution in [1.82, 2.24) is 14.5 Å². The Morgan fingerprint density at radius 2 is 1.96 bits per heavy atom. The number of benzene rings is 1. The van der Waals surface area contributed by atoms with Crippen LogP contribution in [0.25, 0.3) is 22.5 Å². The van der Waals surface area contributed by atoms with Gasteiger partial charge in [0.1, 0.15) is 23.6 Å². The molecule has 2 heterocycles. The number of hydrogen-bond acceptors (Lipinski definition) is 5. The number of anilines is 1. The first-order valence-corrected chi connectivity index (χ1v) is 9.47. The number of halogens is 1. The zero-order valence-corrected chi connectivity index (χ0v) is 15.3. The molecule has 8 heteroatoms. The van der Waals surface area contributed by atoms with Crippen molar-refractivity contribution in [2.75, 3.05) is 25.7 Å². The molecule has 0 radical (unpaired) electrons. The smallest absolute Gasteiger partial charge is 0.324 e. The van der Waals surface area contributed by atoms with Crippen LogP contribution in [0.15, 0.2) is 47.8 Å². The van der Waals surface area contributed by atoms with Crippen LogP contribution in [0, 0.1) is 5.82 Å². The predicted octanol–water partition coefficient (Wildman–Crippen LogP) is 2.72. The van der Waals surface area contributed by atoms with E-state index in [4.69, 9.17) is 10.5 Å². The summed E-state index contributed by atoms with van der Waals surface area (Å²) in [6, 6.07) is 9.58. The molecule has 136 valence electrons. The summed E-state index contributed by atoms with van der Waals surface area (Å²) in [5.74, 6) is 0.0350. The second-order valence-corrected chi connectivity index (χ2v) is 6.94. The van der Waals surface area contributed by atoms with Gasteiger partial charge in [-0.05, 0) is 36.4 Å². The summed E-state index contributed by atoms with van der Waals surface area (Å²) < 4.78 is 32.7. The van der Waals surface area contributed by atoms with Gasteiger partial charge in [-0.25, -0.2) is 9.37 Å². The Morgan fingerprint density at radius 1 is 1.23 bits per heavy atom. The Balaban J connectivity index is 2.26. The Kier molecular flexibility index (Phi) is 5.55. The number of pyridine rings is 1. The Labute approximate surface area is 154 Å². The van der Waals surface area contributed by atoms with Gasteiger partial charge in [-0.2, -0.15) is 4.98 Å². The first-order chi connectivity index (χ1) is 12.5. The molecule has 2 aromatic heterocycles. The fourth-order valence-corrected chi connectivity index (χ4v) is 3.45. The van der Waals surface area contributed by atoms with Gasteiger partial charge in [0.25, 0.3) is 0 Å². The number of methoxy groups -OCH3 is 1. The maximum atomic E-state index is 13.3. The van der Waals surface area contributed by atoms with Crippen molar-refractivity contribution in [2.45, 2.75) is 11.7 Å². The summed E-state index contributed by atoms with van der Waals surface area (Å²) in [4.78, 5) is 8.62. The number of hydrogen-bond donors (Lipinski definition) is 1. The van der Waals surface area contributed by atoms with E-state index >= 15 is 0 Å². The first-order valence-electron chi connectivity index (χ1n) is 7.92. The van der Waals surface area contributed by atoms with Crippen molar-refractivity contribution in [3.63, 3.8) is 0 Å². The lowest BCUT2D eigenvalue weighted by atomic mass is 10.1. The number of rotatable bonds is 6. The van der Waals surface area contributed by atoms with Crippen molar-refractivity contribution in [3.8, 4) is 22.5 Å². The molecular formula is C18H19FN4O2S. The quantitative estimate of drug-likeness (QED) is 0.670. The maximum absolute atomic E-state index is 13.3. The molecule has 0 bridgehead atoms. The van der Waals surface area contributed by atoms with E-state index in [0.717, 1.165) is 16.8 Å². The number of imidazole rings is 1. The lowest BCUT2D eigenvalue weighted by Gasteiger charge is -2.12. The molecule has 1 aromatic carbocycles. The van der Waals surface area contributed by atoms with Gasteiger partial charge >= 0.3 is 5.16 Å². The molecule has 0 aliphatic carbocycles. The lowest BCUT2D eigenvalue weighted by molar-refractivity contribution is 0.185. The fraction of sp³-hybridized carbons (Fsp3) is 0.222. The second-order valence-electron chi connectivity index (χ2n) is 5.67. The van der Waals surface area contributed by atoms with E-state index < -0.39 is 11.2 Å². The third-order valence-electron chi connectivity index (χ3n) is 3.88. The van der Waals surface area contributed by atoms with E-state index in [1.807, 2.05) is 10.6 Å².